The molecule has 2 heterocycles. The fourth-order valence-electron chi connectivity index (χ4n) is 3.42. The molecule has 108 valence electrons. The molecular weight excluding hydrogens is 255 g/mol. The third-order valence-corrected chi connectivity index (χ3v) is 4.57. The normalized spacial score (nSPS) is 24.1. The Bertz CT molecular complexity index is 477. The van der Waals surface area contributed by atoms with Gasteiger partial charge in [0.25, 0.3) is 5.91 Å². The summed E-state index contributed by atoms with van der Waals surface area (Å²) in [5.74, 6) is 0.303. The second-order valence-electron chi connectivity index (χ2n) is 5.84. The van der Waals surface area contributed by atoms with Gasteiger partial charge in [-0.1, -0.05) is 6.07 Å². The Hall–Kier alpha value is -1.42. The van der Waals surface area contributed by atoms with Gasteiger partial charge in [-0.2, -0.15) is 0 Å². The van der Waals surface area contributed by atoms with E-state index >= 15 is 0 Å². The lowest BCUT2D eigenvalue weighted by atomic mass is 9.88. The molecule has 20 heavy (non-hydrogen) atoms. The van der Waals surface area contributed by atoms with Crippen molar-refractivity contribution < 1.29 is 9.18 Å². The summed E-state index contributed by atoms with van der Waals surface area (Å²) >= 11 is 0. The summed E-state index contributed by atoms with van der Waals surface area (Å²) < 4.78 is 13.2. The molecule has 1 aromatic carbocycles. The molecule has 0 spiro atoms. The molecule has 0 aliphatic carbocycles. The minimum absolute atomic E-state index is 0.0395. The number of likely N-dealkylation sites (tertiary alicyclic amines) is 1. The van der Waals surface area contributed by atoms with Crippen LogP contribution >= 0.6 is 0 Å². The molecule has 1 aromatic rings. The first-order valence-electron chi connectivity index (χ1n) is 7.52. The SMILES string of the molecule is O=C(c1cccc(F)c1)N1CCC(C2CCCN2)CC1. The van der Waals surface area contributed by atoms with Crippen LogP contribution in [-0.2, 0) is 0 Å². The van der Waals surface area contributed by atoms with E-state index in [9.17, 15) is 9.18 Å². The number of amides is 1. The van der Waals surface area contributed by atoms with Gasteiger partial charge in [0, 0.05) is 24.7 Å². The second-order valence-corrected chi connectivity index (χ2v) is 5.84. The maximum Gasteiger partial charge on any atom is 0.253 e. The van der Waals surface area contributed by atoms with Crippen molar-refractivity contribution in [3.8, 4) is 0 Å². The topological polar surface area (TPSA) is 32.3 Å². The van der Waals surface area contributed by atoms with Gasteiger partial charge in [0.15, 0.2) is 0 Å². The lowest BCUT2D eigenvalue weighted by Gasteiger charge is -2.35. The van der Waals surface area contributed by atoms with Crippen molar-refractivity contribution in [3.63, 3.8) is 0 Å². The van der Waals surface area contributed by atoms with Gasteiger partial charge in [-0.05, 0) is 56.3 Å². The molecule has 1 atom stereocenters. The number of hydrogen-bond acceptors (Lipinski definition) is 2. The third-order valence-electron chi connectivity index (χ3n) is 4.57. The molecule has 1 unspecified atom stereocenters. The molecule has 0 radical (unpaired) electrons. The number of piperidine rings is 1. The monoisotopic (exact) mass is 276 g/mol. The first-order chi connectivity index (χ1) is 9.74. The number of rotatable bonds is 2. The highest BCUT2D eigenvalue weighted by molar-refractivity contribution is 5.94. The lowest BCUT2D eigenvalue weighted by molar-refractivity contribution is 0.0674. The highest BCUT2D eigenvalue weighted by Gasteiger charge is 2.30. The zero-order valence-corrected chi connectivity index (χ0v) is 11.6. The molecule has 1 amide bonds. The maximum absolute atomic E-state index is 13.2. The van der Waals surface area contributed by atoms with Crippen molar-refractivity contribution in [2.75, 3.05) is 19.6 Å². The Morgan fingerprint density at radius 1 is 1.25 bits per heavy atom. The van der Waals surface area contributed by atoms with Gasteiger partial charge in [-0.3, -0.25) is 4.79 Å². The molecule has 2 fully saturated rings. The zero-order valence-electron chi connectivity index (χ0n) is 11.6. The number of carbonyl (C=O) groups excluding carboxylic acids is 1. The Morgan fingerprint density at radius 3 is 2.70 bits per heavy atom. The van der Waals surface area contributed by atoms with Crippen LogP contribution < -0.4 is 5.32 Å². The van der Waals surface area contributed by atoms with Crippen molar-refractivity contribution in [2.45, 2.75) is 31.7 Å². The van der Waals surface area contributed by atoms with E-state index in [1.165, 1.54) is 25.0 Å². The predicted molar refractivity (Wildman–Crippen MR) is 76.1 cm³/mol. The molecule has 0 saturated carbocycles. The molecule has 2 aliphatic heterocycles. The quantitative estimate of drug-likeness (QED) is 0.900. The summed E-state index contributed by atoms with van der Waals surface area (Å²) in [7, 11) is 0. The summed E-state index contributed by atoms with van der Waals surface area (Å²) in [4.78, 5) is 14.2. The fraction of sp³-hybridized carbons (Fsp3) is 0.562. The number of carbonyl (C=O) groups is 1. The van der Waals surface area contributed by atoms with Crippen LogP contribution in [0.25, 0.3) is 0 Å². The number of halogens is 1. The van der Waals surface area contributed by atoms with Crippen molar-refractivity contribution in [3.05, 3.63) is 35.6 Å². The third kappa shape index (κ3) is 2.85. The predicted octanol–water partition coefficient (Wildman–Crippen LogP) is 2.43. The standard InChI is InChI=1S/C16H21FN2O/c17-14-4-1-3-13(11-14)16(20)19-9-6-12(7-10-19)15-5-2-8-18-15/h1,3-4,11-12,15,18H,2,5-10H2. The molecule has 2 saturated heterocycles. The number of benzene rings is 1. The van der Waals surface area contributed by atoms with Crippen LogP contribution in [0.15, 0.2) is 24.3 Å². The van der Waals surface area contributed by atoms with E-state index in [1.807, 2.05) is 4.90 Å². The molecule has 4 heteroatoms. The summed E-state index contributed by atoms with van der Waals surface area (Å²) in [6, 6.07) is 6.62. The molecule has 0 aromatic heterocycles. The Labute approximate surface area is 119 Å². The Balaban J connectivity index is 1.58. The van der Waals surface area contributed by atoms with Crippen LogP contribution in [0.3, 0.4) is 0 Å². The van der Waals surface area contributed by atoms with E-state index in [-0.39, 0.29) is 11.7 Å². The van der Waals surface area contributed by atoms with E-state index in [2.05, 4.69) is 5.32 Å². The van der Waals surface area contributed by atoms with Crippen LogP contribution in [0.4, 0.5) is 4.39 Å². The van der Waals surface area contributed by atoms with Crippen LogP contribution in [0, 0.1) is 11.7 Å². The van der Waals surface area contributed by atoms with E-state index in [4.69, 9.17) is 0 Å². The summed E-state index contributed by atoms with van der Waals surface area (Å²) in [5.41, 5.74) is 0.461. The van der Waals surface area contributed by atoms with Crippen molar-refractivity contribution in [1.29, 1.82) is 0 Å². The lowest BCUT2D eigenvalue weighted by Crippen LogP contribution is -2.43. The van der Waals surface area contributed by atoms with Crippen LogP contribution in [0.2, 0.25) is 0 Å². The summed E-state index contributed by atoms with van der Waals surface area (Å²) in [6.07, 6.45) is 4.65. The van der Waals surface area contributed by atoms with Gasteiger partial charge < -0.3 is 10.2 Å². The van der Waals surface area contributed by atoms with Crippen molar-refractivity contribution in [1.82, 2.24) is 10.2 Å². The van der Waals surface area contributed by atoms with Crippen molar-refractivity contribution in [2.24, 2.45) is 5.92 Å². The maximum atomic E-state index is 13.2. The van der Waals surface area contributed by atoms with Crippen LogP contribution in [-0.4, -0.2) is 36.5 Å². The molecule has 1 N–H and O–H groups in total. The zero-order chi connectivity index (χ0) is 13.9. The highest BCUT2D eigenvalue weighted by atomic mass is 19.1. The largest absolute Gasteiger partial charge is 0.339 e. The first kappa shape index (κ1) is 13.6. The van der Waals surface area contributed by atoms with Crippen LogP contribution in [0.5, 0.6) is 0 Å². The number of nitrogens with one attached hydrogen (secondary N) is 1. The first-order valence-corrected chi connectivity index (χ1v) is 7.52. The highest BCUT2D eigenvalue weighted by Crippen LogP contribution is 2.26. The molecular formula is C16H21FN2O. The van der Waals surface area contributed by atoms with Gasteiger partial charge in [0.2, 0.25) is 0 Å². The molecule has 0 bridgehead atoms. The fourth-order valence-corrected chi connectivity index (χ4v) is 3.42. The van der Waals surface area contributed by atoms with E-state index in [1.54, 1.807) is 12.1 Å². The number of hydrogen-bond donors (Lipinski definition) is 1. The minimum atomic E-state index is -0.346. The van der Waals surface area contributed by atoms with E-state index in [0.717, 1.165) is 32.5 Å². The minimum Gasteiger partial charge on any atom is -0.339 e. The molecule has 3 nitrogen and oxygen atoms in total. The van der Waals surface area contributed by atoms with Gasteiger partial charge in [0.1, 0.15) is 5.82 Å². The summed E-state index contributed by atoms with van der Waals surface area (Å²) in [6.45, 7) is 2.71. The summed E-state index contributed by atoms with van der Waals surface area (Å²) in [5, 5.41) is 3.56. The Kier molecular flexibility index (Phi) is 4.01. The molecule has 3 rings (SSSR count). The second kappa shape index (κ2) is 5.92. The van der Waals surface area contributed by atoms with E-state index in [0.29, 0.717) is 17.5 Å². The average Bonchev–Trinajstić information content (AvgIpc) is 3.01. The van der Waals surface area contributed by atoms with Crippen molar-refractivity contribution >= 4 is 5.91 Å². The Morgan fingerprint density at radius 2 is 2.05 bits per heavy atom. The van der Waals surface area contributed by atoms with Crippen LogP contribution in [0.1, 0.15) is 36.0 Å². The van der Waals surface area contributed by atoms with Gasteiger partial charge in [-0.25, -0.2) is 4.39 Å². The van der Waals surface area contributed by atoms with Gasteiger partial charge >= 0.3 is 0 Å². The smallest absolute Gasteiger partial charge is 0.253 e. The molecule has 2 aliphatic rings. The average molecular weight is 276 g/mol. The van der Waals surface area contributed by atoms with Gasteiger partial charge in [0.05, 0.1) is 0 Å². The van der Waals surface area contributed by atoms with E-state index < -0.39 is 0 Å². The number of nitrogens with zero attached hydrogens (tertiary/aromatic N) is 1. The van der Waals surface area contributed by atoms with Gasteiger partial charge in [-0.15, -0.1) is 0 Å².